The van der Waals surface area contributed by atoms with Crippen LogP contribution in [0.5, 0.6) is 0 Å². The molecule has 2 nitrogen and oxygen atoms in total. The molecule has 0 rings (SSSR count). The van der Waals surface area contributed by atoms with E-state index in [0.717, 1.165) is 25.7 Å². The minimum absolute atomic E-state index is 0.0868. The molecule has 0 aliphatic carbocycles. The maximum atomic E-state index is 6.22. The van der Waals surface area contributed by atoms with Gasteiger partial charge in [-0.2, -0.15) is 0 Å². The molecule has 0 aromatic carbocycles. The van der Waals surface area contributed by atoms with Crippen LogP contribution in [0.1, 0.15) is 60.3 Å². The summed E-state index contributed by atoms with van der Waals surface area (Å²) in [4.78, 5) is 0. The van der Waals surface area contributed by atoms with Crippen LogP contribution in [-0.4, -0.2) is 24.9 Å². The van der Waals surface area contributed by atoms with Crippen LogP contribution in [0.4, 0.5) is 0 Å². The van der Waals surface area contributed by atoms with E-state index in [0.29, 0.717) is 6.61 Å². The molecule has 92 valence electrons. The highest BCUT2D eigenvalue weighted by atomic mass is 16.6. The molecule has 0 saturated heterocycles. The fourth-order valence-corrected chi connectivity index (χ4v) is 2.22. The second-order valence-corrected chi connectivity index (χ2v) is 5.33. The lowest BCUT2D eigenvalue weighted by Crippen LogP contribution is -2.43. The topological polar surface area (TPSA) is 18.5 Å². The first-order valence-corrected chi connectivity index (χ1v) is 6.08. The van der Waals surface area contributed by atoms with Crippen molar-refractivity contribution < 1.29 is 9.47 Å². The van der Waals surface area contributed by atoms with Crippen molar-refractivity contribution in [2.75, 3.05) is 13.7 Å². The van der Waals surface area contributed by atoms with Gasteiger partial charge in [0.15, 0.2) is 0 Å². The van der Waals surface area contributed by atoms with Gasteiger partial charge in [0.25, 0.3) is 0 Å². The molecule has 0 heterocycles. The van der Waals surface area contributed by atoms with Gasteiger partial charge in [-0.25, -0.2) is 0 Å². The van der Waals surface area contributed by atoms with Gasteiger partial charge in [-0.1, -0.05) is 26.7 Å². The standard InChI is InChI=1S/C13H28O2/c1-7-9-13(10-8-2,11-14-6)15-12(3,4)5/h7-11H2,1-6H3. The van der Waals surface area contributed by atoms with E-state index >= 15 is 0 Å². The van der Waals surface area contributed by atoms with Crippen LogP contribution in [-0.2, 0) is 9.47 Å². The molecule has 0 saturated carbocycles. The van der Waals surface area contributed by atoms with Crippen LogP contribution in [0.25, 0.3) is 0 Å². The van der Waals surface area contributed by atoms with Crippen LogP contribution in [0.2, 0.25) is 0 Å². The summed E-state index contributed by atoms with van der Waals surface area (Å²) in [7, 11) is 1.76. The molecule has 0 bridgehead atoms. The lowest BCUT2D eigenvalue weighted by molar-refractivity contribution is -0.165. The molecule has 0 amide bonds. The van der Waals surface area contributed by atoms with Crippen LogP contribution >= 0.6 is 0 Å². The first-order chi connectivity index (χ1) is 6.89. The van der Waals surface area contributed by atoms with Crippen molar-refractivity contribution in [2.24, 2.45) is 0 Å². The van der Waals surface area contributed by atoms with Crippen molar-refractivity contribution in [3.63, 3.8) is 0 Å². The number of methoxy groups -OCH3 is 1. The quantitative estimate of drug-likeness (QED) is 0.644. The predicted molar refractivity (Wildman–Crippen MR) is 65.3 cm³/mol. The number of hydrogen-bond donors (Lipinski definition) is 0. The highest BCUT2D eigenvalue weighted by Gasteiger charge is 2.33. The van der Waals surface area contributed by atoms with Crippen LogP contribution in [0.3, 0.4) is 0 Å². The summed E-state index contributed by atoms with van der Waals surface area (Å²) >= 11 is 0. The van der Waals surface area contributed by atoms with Crippen LogP contribution in [0.15, 0.2) is 0 Å². The first kappa shape index (κ1) is 14.9. The normalized spacial score (nSPS) is 13.2. The summed E-state index contributed by atoms with van der Waals surface area (Å²) in [5.74, 6) is 0. The monoisotopic (exact) mass is 216 g/mol. The highest BCUT2D eigenvalue weighted by Crippen LogP contribution is 2.30. The lowest BCUT2D eigenvalue weighted by atomic mass is 9.92. The third-order valence-corrected chi connectivity index (χ3v) is 2.34. The fraction of sp³-hybridized carbons (Fsp3) is 1.00. The van der Waals surface area contributed by atoms with Gasteiger partial charge < -0.3 is 9.47 Å². The highest BCUT2D eigenvalue weighted by molar-refractivity contribution is 4.83. The van der Waals surface area contributed by atoms with Crippen molar-refractivity contribution in [2.45, 2.75) is 71.5 Å². The molecule has 0 aliphatic heterocycles. The lowest BCUT2D eigenvalue weighted by Gasteiger charge is -2.39. The molecule has 0 spiro atoms. The Bertz CT molecular complexity index is 141. The Morgan fingerprint density at radius 3 is 1.67 bits per heavy atom. The third kappa shape index (κ3) is 6.16. The number of hydrogen-bond acceptors (Lipinski definition) is 2. The van der Waals surface area contributed by atoms with Gasteiger partial charge in [0.2, 0.25) is 0 Å². The van der Waals surface area contributed by atoms with Gasteiger partial charge in [0.05, 0.1) is 17.8 Å². The molecule has 0 aliphatic rings. The fourth-order valence-electron chi connectivity index (χ4n) is 2.22. The second kappa shape index (κ2) is 6.49. The molecule has 0 atom stereocenters. The van der Waals surface area contributed by atoms with Crippen molar-refractivity contribution in [1.82, 2.24) is 0 Å². The predicted octanol–water partition coefficient (Wildman–Crippen LogP) is 3.79. The Morgan fingerprint density at radius 1 is 0.933 bits per heavy atom. The van der Waals surface area contributed by atoms with E-state index in [2.05, 4.69) is 34.6 Å². The Kier molecular flexibility index (Phi) is 6.46. The largest absolute Gasteiger partial charge is 0.382 e. The van der Waals surface area contributed by atoms with Gasteiger partial charge >= 0.3 is 0 Å². The van der Waals surface area contributed by atoms with Crippen LogP contribution in [0, 0.1) is 0 Å². The van der Waals surface area contributed by atoms with E-state index in [1.54, 1.807) is 7.11 Å². The molecule has 0 fully saturated rings. The molecule has 2 heteroatoms. The van der Waals surface area contributed by atoms with E-state index in [1.807, 2.05) is 0 Å². The minimum atomic E-state index is -0.0944. The van der Waals surface area contributed by atoms with E-state index in [1.165, 1.54) is 0 Å². The van der Waals surface area contributed by atoms with Crippen molar-refractivity contribution in [1.29, 1.82) is 0 Å². The molecule has 0 N–H and O–H groups in total. The minimum Gasteiger partial charge on any atom is -0.382 e. The average molecular weight is 216 g/mol. The summed E-state index contributed by atoms with van der Waals surface area (Å²) in [6, 6.07) is 0. The van der Waals surface area contributed by atoms with E-state index in [9.17, 15) is 0 Å². The molecular formula is C13H28O2. The van der Waals surface area contributed by atoms with E-state index in [-0.39, 0.29) is 11.2 Å². The molecule has 0 unspecified atom stereocenters. The summed E-state index contributed by atoms with van der Waals surface area (Å²) in [6.45, 7) is 11.4. The Balaban J connectivity index is 4.60. The summed E-state index contributed by atoms with van der Waals surface area (Å²) in [6.07, 6.45) is 4.43. The average Bonchev–Trinajstić information content (AvgIpc) is 2.01. The Hall–Kier alpha value is -0.0800. The summed E-state index contributed by atoms with van der Waals surface area (Å²) in [5.41, 5.74) is -0.181. The number of rotatable bonds is 7. The first-order valence-electron chi connectivity index (χ1n) is 6.08. The molecule has 15 heavy (non-hydrogen) atoms. The van der Waals surface area contributed by atoms with Crippen LogP contribution < -0.4 is 0 Å². The zero-order chi connectivity index (χ0) is 11.9. The SMILES string of the molecule is CCCC(CCC)(COC)OC(C)(C)C. The summed E-state index contributed by atoms with van der Waals surface area (Å²) < 4.78 is 11.6. The second-order valence-electron chi connectivity index (χ2n) is 5.33. The van der Waals surface area contributed by atoms with E-state index in [4.69, 9.17) is 9.47 Å². The maximum absolute atomic E-state index is 6.22. The maximum Gasteiger partial charge on any atom is 0.0921 e. The van der Waals surface area contributed by atoms with E-state index < -0.39 is 0 Å². The van der Waals surface area contributed by atoms with Crippen molar-refractivity contribution in [3.05, 3.63) is 0 Å². The zero-order valence-electron chi connectivity index (χ0n) is 11.4. The van der Waals surface area contributed by atoms with Crippen molar-refractivity contribution in [3.8, 4) is 0 Å². The molecule has 0 aromatic heterocycles. The number of ether oxygens (including phenoxy) is 2. The van der Waals surface area contributed by atoms with Gasteiger partial charge in [-0.3, -0.25) is 0 Å². The summed E-state index contributed by atoms with van der Waals surface area (Å²) in [5, 5.41) is 0. The van der Waals surface area contributed by atoms with Crippen molar-refractivity contribution >= 4 is 0 Å². The Morgan fingerprint density at radius 2 is 1.40 bits per heavy atom. The molecule has 0 radical (unpaired) electrons. The van der Waals surface area contributed by atoms with Gasteiger partial charge in [0, 0.05) is 7.11 Å². The smallest absolute Gasteiger partial charge is 0.0921 e. The Labute approximate surface area is 95.3 Å². The van der Waals surface area contributed by atoms with Gasteiger partial charge in [0.1, 0.15) is 0 Å². The van der Waals surface area contributed by atoms with Gasteiger partial charge in [-0.15, -0.1) is 0 Å². The van der Waals surface area contributed by atoms with Gasteiger partial charge in [-0.05, 0) is 33.6 Å². The molecule has 0 aromatic rings. The third-order valence-electron chi connectivity index (χ3n) is 2.34. The molecular weight excluding hydrogens is 188 g/mol. The zero-order valence-corrected chi connectivity index (χ0v) is 11.4.